The second-order valence-electron chi connectivity index (χ2n) is 6.60. The van der Waals surface area contributed by atoms with Crippen molar-refractivity contribution in [2.24, 2.45) is 0 Å². The molecule has 3 aromatic rings. The third-order valence-electron chi connectivity index (χ3n) is 3.91. The van der Waals surface area contributed by atoms with Crippen molar-refractivity contribution in [2.75, 3.05) is 6.54 Å². The molecule has 2 heterocycles. The molecule has 136 valence electrons. The van der Waals surface area contributed by atoms with Gasteiger partial charge in [-0.2, -0.15) is 5.10 Å². The van der Waals surface area contributed by atoms with Gasteiger partial charge in [0.05, 0.1) is 11.8 Å². The minimum Gasteiger partial charge on any atom is -0.491 e. The molecular formula is C20H24N4O2. The first-order valence-corrected chi connectivity index (χ1v) is 8.87. The van der Waals surface area contributed by atoms with E-state index in [1.54, 1.807) is 16.6 Å². The zero-order chi connectivity index (χ0) is 18.5. The van der Waals surface area contributed by atoms with Gasteiger partial charge in [-0.05, 0) is 63.4 Å². The van der Waals surface area contributed by atoms with Gasteiger partial charge in [0.25, 0.3) is 5.91 Å². The molecule has 0 atom stereocenters. The van der Waals surface area contributed by atoms with Crippen LogP contribution in [0.2, 0.25) is 0 Å². The molecule has 0 bridgehead atoms. The molecule has 3 rings (SSSR count). The second kappa shape index (κ2) is 7.99. The number of fused-ring (bicyclic) bond motifs is 1. The van der Waals surface area contributed by atoms with E-state index in [2.05, 4.69) is 15.4 Å². The number of carbonyl (C=O) groups is 1. The molecule has 1 amide bonds. The molecule has 0 aliphatic rings. The molecule has 6 heteroatoms. The fraction of sp³-hybridized carbons (Fsp3) is 0.350. The number of hydrogen-bond acceptors (Lipinski definition) is 4. The van der Waals surface area contributed by atoms with Gasteiger partial charge >= 0.3 is 0 Å². The van der Waals surface area contributed by atoms with Crippen molar-refractivity contribution in [2.45, 2.75) is 39.7 Å². The summed E-state index contributed by atoms with van der Waals surface area (Å²) in [6.45, 7) is 6.51. The molecule has 0 aliphatic carbocycles. The molecule has 0 radical (unpaired) electrons. The third-order valence-corrected chi connectivity index (χ3v) is 3.91. The standard InChI is InChI=1S/C20H24N4O2/c1-14(2)26-18-8-6-17(7-9-18)20(25)21-10-4-5-16-12-22-19-11-15(3)23-24(19)13-16/h6-9,11-14H,4-5,10H2,1-3H3,(H,21,25). The third kappa shape index (κ3) is 4.59. The van der Waals surface area contributed by atoms with Crippen LogP contribution in [-0.2, 0) is 6.42 Å². The Morgan fingerprint density at radius 1 is 1.27 bits per heavy atom. The van der Waals surface area contributed by atoms with Crippen molar-refractivity contribution in [1.82, 2.24) is 19.9 Å². The zero-order valence-corrected chi connectivity index (χ0v) is 15.4. The zero-order valence-electron chi connectivity index (χ0n) is 15.4. The minimum atomic E-state index is -0.0719. The monoisotopic (exact) mass is 352 g/mol. The van der Waals surface area contributed by atoms with Crippen LogP contribution in [0.25, 0.3) is 5.65 Å². The molecule has 0 unspecified atom stereocenters. The Labute approximate surface area is 153 Å². The van der Waals surface area contributed by atoms with E-state index in [1.807, 2.05) is 51.4 Å². The number of rotatable bonds is 7. The van der Waals surface area contributed by atoms with Crippen LogP contribution >= 0.6 is 0 Å². The van der Waals surface area contributed by atoms with E-state index in [4.69, 9.17) is 4.74 Å². The van der Waals surface area contributed by atoms with Crippen LogP contribution in [0.3, 0.4) is 0 Å². The van der Waals surface area contributed by atoms with E-state index in [1.165, 1.54) is 0 Å². The number of ether oxygens (including phenoxy) is 1. The normalized spacial score (nSPS) is 11.1. The van der Waals surface area contributed by atoms with Crippen molar-refractivity contribution < 1.29 is 9.53 Å². The molecule has 0 saturated carbocycles. The quantitative estimate of drug-likeness (QED) is 0.663. The van der Waals surface area contributed by atoms with Crippen LogP contribution in [0, 0.1) is 6.92 Å². The summed E-state index contributed by atoms with van der Waals surface area (Å²) in [5, 5.41) is 7.32. The van der Waals surface area contributed by atoms with Gasteiger partial charge in [0.15, 0.2) is 5.65 Å². The van der Waals surface area contributed by atoms with E-state index in [9.17, 15) is 4.79 Å². The summed E-state index contributed by atoms with van der Waals surface area (Å²) in [5.74, 6) is 0.700. The fourth-order valence-electron chi connectivity index (χ4n) is 2.72. The lowest BCUT2D eigenvalue weighted by molar-refractivity contribution is 0.0953. The van der Waals surface area contributed by atoms with Crippen molar-refractivity contribution in [3.8, 4) is 5.75 Å². The maximum absolute atomic E-state index is 12.2. The second-order valence-corrected chi connectivity index (χ2v) is 6.60. The van der Waals surface area contributed by atoms with Gasteiger partial charge in [0.1, 0.15) is 5.75 Å². The smallest absolute Gasteiger partial charge is 0.251 e. The molecule has 0 saturated heterocycles. The van der Waals surface area contributed by atoms with Crippen LogP contribution in [0.15, 0.2) is 42.7 Å². The Bertz CT molecular complexity index is 884. The van der Waals surface area contributed by atoms with Crippen molar-refractivity contribution in [3.05, 3.63) is 59.5 Å². The van der Waals surface area contributed by atoms with E-state index < -0.39 is 0 Å². The Hall–Kier alpha value is -2.89. The Morgan fingerprint density at radius 2 is 2.04 bits per heavy atom. The number of nitrogens with one attached hydrogen (secondary N) is 1. The SMILES string of the molecule is Cc1cc2ncc(CCCNC(=O)c3ccc(OC(C)C)cc3)cn2n1. The van der Waals surface area contributed by atoms with E-state index >= 15 is 0 Å². The first kappa shape index (κ1) is 17.9. The number of carbonyl (C=O) groups excluding carboxylic acids is 1. The van der Waals surface area contributed by atoms with E-state index in [0.29, 0.717) is 12.1 Å². The van der Waals surface area contributed by atoms with Gasteiger partial charge in [0, 0.05) is 30.6 Å². The molecule has 6 nitrogen and oxygen atoms in total. The number of aromatic nitrogens is 3. The topological polar surface area (TPSA) is 68.5 Å². The molecule has 0 spiro atoms. The van der Waals surface area contributed by atoms with Gasteiger partial charge in [-0.3, -0.25) is 4.79 Å². The average molecular weight is 352 g/mol. The largest absolute Gasteiger partial charge is 0.491 e. The lowest BCUT2D eigenvalue weighted by Gasteiger charge is -2.10. The van der Waals surface area contributed by atoms with Crippen LogP contribution < -0.4 is 10.1 Å². The minimum absolute atomic E-state index is 0.0719. The van der Waals surface area contributed by atoms with Gasteiger partial charge < -0.3 is 10.1 Å². The van der Waals surface area contributed by atoms with Crippen molar-refractivity contribution in [3.63, 3.8) is 0 Å². The maximum Gasteiger partial charge on any atom is 0.251 e. The van der Waals surface area contributed by atoms with Crippen molar-refractivity contribution in [1.29, 1.82) is 0 Å². The molecule has 1 aromatic carbocycles. The van der Waals surface area contributed by atoms with Crippen LogP contribution in [-0.4, -0.2) is 33.2 Å². The molecule has 0 aliphatic heterocycles. The first-order chi connectivity index (χ1) is 12.5. The summed E-state index contributed by atoms with van der Waals surface area (Å²) in [6.07, 6.45) is 5.65. The lowest BCUT2D eigenvalue weighted by atomic mass is 10.1. The van der Waals surface area contributed by atoms with Gasteiger partial charge in [0.2, 0.25) is 0 Å². The van der Waals surface area contributed by atoms with Gasteiger partial charge in [-0.1, -0.05) is 0 Å². The molecule has 0 fully saturated rings. The van der Waals surface area contributed by atoms with E-state index in [-0.39, 0.29) is 12.0 Å². The highest BCUT2D eigenvalue weighted by Gasteiger charge is 2.06. The first-order valence-electron chi connectivity index (χ1n) is 8.87. The Morgan fingerprint density at radius 3 is 2.77 bits per heavy atom. The summed E-state index contributed by atoms with van der Waals surface area (Å²) in [7, 11) is 0. The summed E-state index contributed by atoms with van der Waals surface area (Å²) in [4.78, 5) is 16.6. The predicted octanol–water partition coefficient (Wildman–Crippen LogP) is 3.19. The lowest BCUT2D eigenvalue weighted by Crippen LogP contribution is -2.24. The Kier molecular flexibility index (Phi) is 5.51. The fourth-order valence-corrected chi connectivity index (χ4v) is 2.72. The molecule has 26 heavy (non-hydrogen) atoms. The summed E-state index contributed by atoms with van der Waals surface area (Å²) in [5.41, 5.74) is 3.54. The maximum atomic E-state index is 12.2. The average Bonchev–Trinajstić information content (AvgIpc) is 2.98. The Balaban J connectivity index is 1.47. The van der Waals surface area contributed by atoms with Crippen molar-refractivity contribution >= 4 is 11.6 Å². The summed E-state index contributed by atoms with van der Waals surface area (Å²) >= 11 is 0. The van der Waals surface area contributed by atoms with Crippen LogP contribution in [0.1, 0.15) is 41.9 Å². The van der Waals surface area contributed by atoms with Crippen LogP contribution in [0.4, 0.5) is 0 Å². The van der Waals surface area contributed by atoms with E-state index in [0.717, 1.165) is 35.5 Å². The number of hydrogen-bond donors (Lipinski definition) is 1. The number of aryl methyl sites for hydroxylation is 2. The highest BCUT2D eigenvalue weighted by Crippen LogP contribution is 2.14. The highest BCUT2D eigenvalue weighted by molar-refractivity contribution is 5.94. The van der Waals surface area contributed by atoms with Gasteiger partial charge in [-0.25, -0.2) is 9.50 Å². The highest BCUT2D eigenvalue weighted by atomic mass is 16.5. The molecule has 2 aromatic heterocycles. The molecular weight excluding hydrogens is 328 g/mol. The number of nitrogens with zero attached hydrogens (tertiary/aromatic N) is 3. The number of amides is 1. The number of benzene rings is 1. The predicted molar refractivity (Wildman–Crippen MR) is 101 cm³/mol. The molecule has 1 N–H and O–H groups in total. The van der Waals surface area contributed by atoms with Crippen LogP contribution in [0.5, 0.6) is 5.75 Å². The summed E-state index contributed by atoms with van der Waals surface area (Å²) < 4.78 is 7.38. The van der Waals surface area contributed by atoms with Gasteiger partial charge in [-0.15, -0.1) is 0 Å². The summed E-state index contributed by atoms with van der Waals surface area (Å²) in [6, 6.07) is 9.15.